The van der Waals surface area contributed by atoms with Gasteiger partial charge in [0.1, 0.15) is 5.75 Å². The Balaban J connectivity index is 1.49. The molecule has 5 nitrogen and oxygen atoms in total. The number of likely N-dealkylation sites (tertiary alicyclic amines) is 1. The zero-order valence-corrected chi connectivity index (χ0v) is 15.4. The summed E-state index contributed by atoms with van der Waals surface area (Å²) in [6.45, 7) is 8.92. The minimum Gasteiger partial charge on any atom is -0.493 e. The Morgan fingerprint density at radius 2 is 2.00 bits per heavy atom. The fourth-order valence-electron chi connectivity index (χ4n) is 3.90. The van der Waals surface area contributed by atoms with Gasteiger partial charge in [-0.05, 0) is 55.0 Å². The number of nitrogens with one attached hydrogen (secondary N) is 1. The molecule has 134 valence electrons. The number of sulfonamides is 1. The summed E-state index contributed by atoms with van der Waals surface area (Å²) in [4.78, 5) is 2.80. The van der Waals surface area contributed by atoms with Crippen molar-refractivity contribution in [2.75, 3.05) is 32.8 Å². The molecule has 0 amide bonds. The molecule has 1 fully saturated rings. The van der Waals surface area contributed by atoms with Crippen LogP contribution in [-0.4, -0.2) is 46.1 Å². The van der Waals surface area contributed by atoms with E-state index in [0.29, 0.717) is 18.0 Å². The maximum atomic E-state index is 12.4. The summed E-state index contributed by atoms with van der Waals surface area (Å²) in [6.07, 6.45) is 2.92. The van der Waals surface area contributed by atoms with E-state index in [1.165, 1.54) is 6.42 Å². The van der Waals surface area contributed by atoms with E-state index < -0.39 is 10.0 Å². The van der Waals surface area contributed by atoms with E-state index in [1.54, 1.807) is 18.2 Å². The van der Waals surface area contributed by atoms with E-state index in [-0.39, 0.29) is 0 Å². The number of benzene rings is 1. The number of piperidine rings is 1. The van der Waals surface area contributed by atoms with Crippen LogP contribution in [0, 0.1) is 11.8 Å². The molecular weight excluding hydrogens is 324 g/mol. The van der Waals surface area contributed by atoms with Gasteiger partial charge in [0.2, 0.25) is 10.0 Å². The molecule has 3 rings (SSSR count). The number of fused-ring (bicyclic) bond motifs is 1. The van der Waals surface area contributed by atoms with Crippen molar-refractivity contribution in [2.24, 2.45) is 11.8 Å². The fourth-order valence-corrected chi connectivity index (χ4v) is 5.02. The minimum absolute atomic E-state index is 0.340. The lowest BCUT2D eigenvalue weighted by Gasteiger charge is -2.34. The van der Waals surface area contributed by atoms with Gasteiger partial charge in [-0.3, -0.25) is 0 Å². The third-order valence-corrected chi connectivity index (χ3v) is 6.32. The van der Waals surface area contributed by atoms with Crippen LogP contribution in [0.1, 0.15) is 32.3 Å². The maximum Gasteiger partial charge on any atom is 0.240 e. The molecule has 1 N–H and O–H groups in total. The first-order chi connectivity index (χ1) is 11.4. The second-order valence-corrected chi connectivity index (χ2v) is 9.09. The number of hydrogen-bond acceptors (Lipinski definition) is 4. The maximum absolute atomic E-state index is 12.4. The third kappa shape index (κ3) is 4.29. The molecule has 0 unspecified atom stereocenters. The average Bonchev–Trinajstić information content (AvgIpc) is 2.98. The molecule has 0 radical (unpaired) electrons. The largest absolute Gasteiger partial charge is 0.493 e. The van der Waals surface area contributed by atoms with Crippen LogP contribution >= 0.6 is 0 Å². The van der Waals surface area contributed by atoms with Gasteiger partial charge >= 0.3 is 0 Å². The highest BCUT2D eigenvalue weighted by Gasteiger charge is 2.22. The Bertz CT molecular complexity index is 665. The molecule has 2 atom stereocenters. The summed E-state index contributed by atoms with van der Waals surface area (Å²) in [7, 11) is -3.43. The van der Waals surface area contributed by atoms with Gasteiger partial charge in [0.15, 0.2) is 0 Å². The van der Waals surface area contributed by atoms with Crippen LogP contribution in [0.25, 0.3) is 0 Å². The molecule has 0 saturated carbocycles. The Morgan fingerprint density at radius 1 is 1.25 bits per heavy atom. The lowest BCUT2D eigenvalue weighted by Crippen LogP contribution is -2.40. The SMILES string of the molecule is C[C@@H]1C[C@H](C)CN(CCCNS(=O)(=O)c2ccc3c(c2)CCO3)C1. The second-order valence-electron chi connectivity index (χ2n) is 7.32. The third-order valence-electron chi connectivity index (χ3n) is 4.86. The van der Waals surface area contributed by atoms with Crippen molar-refractivity contribution in [1.29, 1.82) is 0 Å². The first kappa shape index (κ1) is 17.7. The first-order valence-electron chi connectivity index (χ1n) is 8.92. The predicted octanol–water partition coefficient (Wildman–Crippen LogP) is 2.27. The van der Waals surface area contributed by atoms with E-state index in [0.717, 1.165) is 55.6 Å². The quantitative estimate of drug-likeness (QED) is 0.798. The van der Waals surface area contributed by atoms with Crippen molar-refractivity contribution < 1.29 is 13.2 Å². The molecule has 0 aliphatic carbocycles. The van der Waals surface area contributed by atoms with E-state index in [2.05, 4.69) is 23.5 Å². The van der Waals surface area contributed by atoms with Crippen LogP contribution in [0.15, 0.2) is 23.1 Å². The van der Waals surface area contributed by atoms with Crippen molar-refractivity contribution in [3.63, 3.8) is 0 Å². The second kappa shape index (κ2) is 7.42. The van der Waals surface area contributed by atoms with Crippen LogP contribution in [0.4, 0.5) is 0 Å². The molecule has 0 aromatic heterocycles. The van der Waals surface area contributed by atoms with Crippen LogP contribution < -0.4 is 9.46 Å². The zero-order chi connectivity index (χ0) is 17.2. The number of nitrogens with zero attached hydrogens (tertiary/aromatic N) is 1. The molecule has 1 saturated heterocycles. The molecule has 24 heavy (non-hydrogen) atoms. The highest BCUT2D eigenvalue weighted by molar-refractivity contribution is 7.89. The summed E-state index contributed by atoms with van der Waals surface area (Å²) in [5.41, 5.74) is 0.981. The summed E-state index contributed by atoms with van der Waals surface area (Å²) in [5, 5.41) is 0. The normalized spacial score (nSPS) is 24.6. The molecule has 0 bridgehead atoms. The topological polar surface area (TPSA) is 58.6 Å². The van der Waals surface area contributed by atoms with E-state index in [4.69, 9.17) is 4.74 Å². The van der Waals surface area contributed by atoms with Gasteiger partial charge in [0.05, 0.1) is 11.5 Å². The van der Waals surface area contributed by atoms with E-state index >= 15 is 0 Å². The highest BCUT2D eigenvalue weighted by Crippen LogP contribution is 2.27. The number of rotatable bonds is 6. The average molecular weight is 353 g/mol. The van der Waals surface area contributed by atoms with Gasteiger partial charge < -0.3 is 9.64 Å². The summed E-state index contributed by atoms with van der Waals surface area (Å²) in [6, 6.07) is 5.12. The van der Waals surface area contributed by atoms with Crippen molar-refractivity contribution in [1.82, 2.24) is 9.62 Å². The fraction of sp³-hybridized carbons (Fsp3) is 0.667. The molecule has 2 heterocycles. The van der Waals surface area contributed by atoms with E-state index in [9.17, 15) is 8.42 Å². The predicted molar refractivity (Wildman–Crippen MR) is 94.8 cm³/mol. The van der Waals surface area contributed by atoms with Gasteiger partial charge in [-0.15, -0.1) is 0 Å². The highest BCUT2D eigenvalue weighted by atomic mass is 32.2. The van der Waals surface area contributed by atoms with Crippen molar-refractivity contribution >= 4 is 10.0 Å². The summed E-state index contributed by atoms with van der Waals surface area (Å²) in [5.74, 6) is 2.28. The lowest BCUT2D eigenvalue weighted by atomic mass is 9.92. The molecule has 2 aliphatic rings. The molecule has 1 aromatic rings. The molecule has 6 heteroatoms. The smallest absolute Gasteiger partial charge is 0.240 e. The molecule has 2 aliphatic heterocycles. The van der Waals surface area contributed by atoms with Crippen molar-refractivity contribution in [3.8, 4) is 5.75 Å². The minimum atomic E-state index is -3.43. The van der Waals surface area contributed by atoms with Crippen LogP contribution in [0.2, 0.25) is 0 Å². The Labute approximate surface area is 145 Å². The Hall–Kier alpha value is -1.11. The number of hydrogen-bond donors (Lipinski definition) is 1. The van der Waals surface area contributed by atoms with Gasteiger partial charge in [-0.2, -0.15) is 0 Å². The first-order valence-corrected chi connectivity index (χ1v) is 10.4. The van der Waals surface area contributed by atoms with Crippen LogP contribution in [0.5, 0.6) is 5.75 Å². The Kier molecular flexibility index (Phi) is 5.47. The van der Waals surface area contributed by atoms with E-state index in [1.807, 2.05) is 0 Å². The van der Waals surface area contributed by atoms with Crippen molar-refractivity contribution in [2.45, 2.75) is 38.0 Å². The van der Waals surface area contributed by atoms with Gasteiger partial charge in [-0.25, -0.2) is 13.1 Å². The van der Waals surface area contributed by atoms with Gasteiger partial charge in [0.25, 0.3) is 0 Å². The van der Waals surface area contributed by atoms with Gasteiger partial charge in [0, 0.05) is 26.1 Å². The Morgan fingerprint density at radius 3 is 2.75 bits per heavy atom. The van der Waals surface area contributed by atoms with Gasteiger partial charge in [-0.1, -0.05) is 13.8 Å². The molecule has 0 spiro atoms. The molecular formula is C18H28N2O3S. The number of ether oxygens (including phenoxy) is 1. The molecule has 1 aromatic carbocycles. The van der Waals surface area contributed by atoms with Crippen LogP contribution in [-0.2, 0) is 16.4 Å². The lowest BCUT2D eigenvalue weighted by molar-refractivity contribution is 0.140. The summed E-state index contributed by atoms with van der Waals surface area (Å²) < 4.78 is 33.0. The monoisotopic (exact) mass is 352 g/mol. The zero-order valence-electron chi connectivity index (χ0n) is 14.6. The summed E-state index contributed by atoms with van der Waals surface area (Å²) >= 11 is 0. The standard InChI is InChI=1S/C18H28N2O3S/c1-14-10-15(2)13-20(12-14)8-3-7-19-24(21,22)17-4-5-18-16(11-17)6-9-23-18/h4-5,11,14-15,19H,3,6-10,12-13H2,1-2H3/t14-,15+. The van der Waals surface area contributed by atoms with Crippen LogP contribution in [0.3, 0.4) is 0 Å². The van der Waals surface area contributed by atoms with Crippen molar-refractivity contribution in [3.05, 3.63) is 23.8 Å².